The molecule has 0 saturated carbocycles. The molecule has 1 aromatic heterocycles. The van der Waals surface area contributed by atoms with E-state index in [9.17, 15) is 4.39 Å². The summed E-state index contributed by atoms with van der Waals surface area (Å²) in [6.45, 7) is 7.84. The van der Waals surface area contributed by atoms with Gasteiger partial charge in [0.1, 0.15) is 11.6 Å². The van der Waals surface area contributed by atoms with Crippen molar-refractivity contribution in [1.29, 1.82) is 0 Å². The van der Waals surface area contributed by atoms with Crippen LogP contribution < -0.4 is 5.73 Å². The van der Waals surface area contributed by atoms with Crippen molar-refractivity contribution >= 4 is 17.6 Å². The number of rotatable bonds is 8. The number of hydrogen-bond acceptors (Lipinski definition) is 4. The molecule has 5 heteroatoms. The number of aryl methyl sites for hydroxylation is 1. The third-order valence-corrected chi connectivity index (χ3v) is 4.73. The molecule has 0 aromatic carbocycles. The Morgan fingerprint density at radius 1 is 1.36 bits per heavy atom. The lowest BCUT2D eigenvalue weighted by molar-refractivity contribution is 0.498. The first-order valence-corrected chi connectivity index (χ1v) is 8.56. The Morgan fingerprint density at radius 3 is 2.59 bits per heavy atom. The van der Waals surface area contributed by atoms with Crippen LogP contribution in [0, 0.1) is 0 Å². The molecule has 0 atom stereocenters. The van der Waals surface area contributed by atoms with Crippen molar-refractivity contribution in [2.75, 3.05) is 12.4 Å². The largest absolute Gasteiger partial charge is 0.383 e. The fourth-order valence-corrected chi connectivity index (χ4v) is 2.92. The molecule has 122 valence electrons. The third-order valence-electron chi connectivity index (χ3n) is 3.38. The highest BCUT2D eigenvalue weighted by Gasteiger charge is 2.07. The predicted molar refractivity (Wildman–Crippen MR) is 94.5 cm³/mol. The van der Waals surface area contributed by atoms with Gasteiger partial charge in [0, 0.05) is 24.6 Å². The summed E-state index contributed by atoms with van der Waals surface area (Å²) in [4.78, 5) is 9.72. The van der Waals surface area contributed by atoms with Gasteiger partial charge in [-0.25, -0.2) is 9.97 Å². The maximum absolute atomic E-state index is 12.6. The molecule has 0 aliphatic carbocycles. The van der Waals surface area contributed by atoms with Gasteiger partial charge in [0.15, 0.2) is 0 Å². The lowest BCUT2D eigenvalue weighted by Crippen LogP contribution is -2.04. The number of thioether (sulfide) groups is 1. The molecule has 0 radical (unpaired) electrons. The predicted octanol–water partition coefficient (Wildman–Crippen LogP) is 4.84. The zero-order chi connectivity index (χ0) is 16.5. The number of nitrogen functional groups attached to an aromatic ring is 1. The summed E-state index contributed by atoms with van der Waals surface area (Å²) in [7, 11) is 0. The number of hydrogen-bond donors (Lipinski definition) is 1. The summed E-state index contributed by atoms with van der Waals surface area (Å²) < 4.78 is 12.6. The zero-order valence-corrected chi connectivity index (χ0v) is 14.8. The van der Waals surface area contributed by atoms with Crippen LogP contribution in [0.15, 0.2) is 27.7 Å². The van der Waals surface area contributed by atoms with Crippen molar-refractivity contribution in [2.45, 2.75) is 53.4 Å². The molecule has 1 rings (SSSR count). The zero-order valence-electron chi connectivity index (χ0n) is 13.9. The monoisotopic (exact) mass is 323 g/mol. The lowest BCUT2D eigenvalue weighted by atomic mass is 10.1. The topological polar surface area (TPSA) is 51.8 Å². The molecule has 2 N–H and O–H groups in total. The van der Waals surface area contributed by atoms with Gasteiger partial charge in [-0.05, 0) is 37.0 Å². The maximum Gasteiger partial charge on any atom is 0.130 e. The molecule has 0 spiro atoms. The molecule has 1 aromatic rings. The van der Waals surface area contributed by atoms with Gasteiger partial charge in [-0.2, -0.15) is 0 Å². The molecule has 0 bridgehead atoms. The number of halogens is 1. The van der Waals surface area contributed by atoms with E-state index in [1.54, 1.807) is 11.8 Å². The van der Waals surface area contributed by atoms with Crippen molar-refractivity contribution in [1.82, 2.24) is 9.97 Å². The minimum absolute atomic E-state index is 0.317. The minimum atomic E-state index is -0.317. The summed E-state index contributed by atoms with van der Waals surface area (Å²) in [6, 6.07) is 0. The molecule has 3 nitrogen and oxygen atoms in total. The molecule has 0 saturated heterocycles. The molecule has 1 heterocycles. The van der Waals surface area contributed by atoms with E-state index >= 15 is 0 Å². The van der Waals surface area contributed by atoms with Gasteiger partial charge in [0.2, 0.25) is 0 Å². The highest BCUT2D eigenvalue weighted by Crippen LogP contribution is 2.28. The molecule has 0 amide bonds. The van der Waals surface area contributed by atoms with Crippen LogP contribution in [0.3, 0.4) is 0 Å². The third kappa shape index (κ3) is 5.79. The average molecular weight is 323 g/mol. The molecular formula is C17H26FN3S. The number of nitrogens with zero attached hydrogens (tertiary/aromatic N) is 2. The van der Waals surface area contributed by atoms with Crippen LogP contribution >= 0.6 is 11.8 Å². The smallest absolute Gasteiger partial charge is 0.130 e. The van der Waals surface area contributed by atoms with Gasteiger partial charge in [-0.15, -0.1) is 11.8 Å². The Hall–Kier alpha value is -1.36. The fourth-order valence-electron chi connectivity index (χ4n) is 1.93. The normalized spacial score (nSPS) is 11.6. The Labute approximate surface area is 137 Å². The van der Waals surface area contributed by atoms with E-state index in [-0.39, 0.29) is 6.67 Å². The van der Waals surface area contributed by atoms with E-state index in [0.717, 1.165) is 35.6 Å². The number of aromatic nitrogens is 2. The van der Waals surface area contributed by atoms with E-state index in [0.29, 0.717) is 12.2 Å². The minimum Gasteiger partial charge on any atom is -0.383 e. The Kier molecular flexibility index (Phi) is 8.17. The highest BCUT2D eigenvalue weighted by molar-refractivity contribution is 8.05. The molecule has 0 unspecified atom stereocenters. The highest BCUT2D eigenvalue weighted by atomic mass is 32.2. The van der Waals surface area contributed by atoms with Crippen molar-refractivity contribution in [3.63, 3.8) is 0 Å². The van der Waals surface area contributed by atoms with Crippen molar-refractivity contribution < 1.29 is 4.39 Å². The van der Waals surface area contributed by atoms with Gasteiger partial charge in [-0.1, -0.05) is 25.0 Å². The van der Waals surface area contributed by atoms with E-state index < -0.39 is 0 Å². The Morgan fingerprint density at radius 2 is 2.09 bits per heavy atom. The van der Waals surface area contributed by atoms with Crippen LogP contribution in [0.4, 0.5) is 10.2 Å². The molecule has 0 fully saturated rings. The molecule has 0 aliphatic rings. The first kappa shape index (κ1) is 18.7. The molecule has 0 aliphatic heterocycles. The van der Waals surface area contributed by atoms with Crippen LogP contribution in [-0.4, -0.2) is 16.6 Å². The van der Waals surface area contributed by atoms with Crippen LogP contribution in [0.2, 0.25) is 0 Å². The standard InChI is InChI=1S/C17H26FN3S/c1-5-13(11-22-15(7-8-18)12(3)4)9-14-10-20-16(6-2)21-17(14)19/h10-11H,5-9H2,1-4H3,(H2,19,20,21). The van der Waals surface area contributed by atoms with E-state index in [2.05, 4.69) is 22.3 Å². The average Bonchev–Trinajstić information content (AvgIpc) is 2.51. The second-order valence-corrected chi connectivity index (χ2v) is 6.30. The second-order valence-electron chi connectivity index (χ2n) is 5.34. The van der Waals surface area contributed by atoms with Gasteiger partial charge >= 0.3 is 0 Å². The van der Waals surface area contributed by atoms with Crippen LogP contribution in [0.5, 0.6) is 0 Å². The van der Waals surface area contributed by atoms with Crippen LogP contribution in [-0.2, 0) is 12.8 Å². The number of alkyl halides is 1. The van der Waals surface area contributed by atoms with E-state index in [1.807, 2.05) is 27.0 Å². The SMILES string of the molecule is CCC(=CSC(CCF)=C(C)C)Cc1cnc(CC)nc1N. The van der Waals surface area contributed by atoms with E-state index in [1.165, 1.54) is 11.1 Å². The lowest BCUT2D eigenvalue weighted by Gasteiger charge is -2.10. The summed E-state index contributed by atoms with van der Waals surface area (Å²) in [5.41, 5.74) is 9.38. The number of allylic oxidation sites excluding steroid dienone is 3. The molecular weight excluding hydrogens is 297 g/mol. The first-order valence-electron chi connectivity index (χ1n) is 7.68. The van der Waals surface area contributed by atoms with Gasteiger partial charge in [0.25, 0.3) is 0 Å². The fraction of sp³-hybridized carbons (Fsp3) is 0.529. The summed E-state index contributed by atoms with van der Waals surface area (Å²) >= 11 is 1.62. The number of anilines is 1. The number of nitrogens with two attached hydrogens (primary N) is 1. The Bertz CT molecular complexity index is 549. The van der Waals surface area contributed by atoms with Crippen molar-refractivity contribution in [2.24, 2.45) is 0 Å². The second kappa shape index (κ2) is 9.62. The summed E-state index contributed by atoms with van der Waals surface area (Å²) in [5, 5.41) is 2.12. The first-order chi connectivity index (χ1) is 10.5. The quantitative estimate of drug-likeness (QED) is 0.743. The van der Waals surface area contributed by atoms with E-state index in [4.69, 9.17) is 5.73 Å². The van der Waals surface area contributed by atoms with Gasteiger partial charge in [0.05, 0.1) is 6.67 Å². The van der Waals surface area contributed by atoms with Crippen molar-refractivity contribution in [3.8, 4) is 0 Å². The summed E-state index contributed by atoms with van der Waals surface area (Å²) in [5.74, 6) is 1.33. The van der Waals surface area contributed by atoms with Crippen LogP contribution in [0.25, 0.3) is 0 Å². The van der Waals surface area contributed by atoms with Crippen molar-refractivity contribution in [3.05, 3.63) is 39.0 Å². The summed E-state index contributed by atoms with van der Waals surface area (Å²) in [6.07, 6.45) is 4.75. The maximum atomic E-state index is 12.6. The van der Waals surface area contributed by atoms with Crippen LogP contribution in [0.1, 0.15) is 51.9 Å². The molecule has 22 heavy (non-hydrogen) atoms. The van der Waals surface area contributed by atoms with Gasteiger partial charge < -0.3 is 5.73 Å². The Balaban J connectivity index is 2.84. The van der Waals surface area contributed by atoms with Gasteiger partial charge in [-0.3, -0.25) is 4.39 Å².